The van der Waals surface area contributed by atoms with E-state index in [1.807, 2.05) is 0 Å². The Morgan fingerprint density at radius 2 is 1.89 bits per heavy atom. The van der Waals surface area contributed by atoms with Crippen LogP contribution in [-0.4, -0.2) is 5.11 Å². The van der Waals surface area contributed by atoms with Gasteiger partial charge in [0.25, 0.3) is 0 Å². The molecule has 0 spiro atoms. The molecule has 2 aromatic rings. The Kier molecular flexibility index (Phi) is 4.00. The minimum absolute atomic E-state index is 0.0610. The van der Waals surface area contributed by atoms with E-state index < -0.39 is 11.9 Å². The molecule has 0 saturated carbocycles. The molecule has 0 saturated heterocycles. The van der Waals surface area contributed by atoms with Gasteiger partial charge in [0.1, 0.15) is 5.75 Å². The van der Waals surface area contributed by atoms with Gasteiger partial charge in [-0.05, 0) is 42.0 Å². The number of aliphatic hydroxyl groups is 1. The van der Waals surface area contributed by atoms with Crippen LogP contribution in [0.1, 0.15) is 11.7 Å². The van der Waals surface area contributed by atoms with Crippen molar-refractivity contribution in [3.05, 3.63) is 58.9 Å². The van der Waals surface area contributed by atoms with E-state index in [1.165, 1.54) is 12.1 Å². The van der Waals surface area contributed by atoms with Crippen molar-refractivity contribution in [2.75, 3.05) is 0 Å². The molecule has 0 aliphatic rings. The first-order valence-electron chi connectivity index (χ1n) is 5.40. The fourth-order valence-corrected chi connectivity index (χ4v) is 1.60. The number of benzene rings is 2. The molecule has 0 aliphatic heterocycles. The second-order valence-electron chi connectivity index (χ2n) is 3.78. The molecule has 0 fully saturated rings. The summed E-state index contributed by atoms with van der Waals surface area (Å²) in [4.78, 5) is 0. The fraction of sp³-hybridized carbons (Fsp3) is 0.0714. The Morgan fingerprint density at radius 1 is 1.21 bits per heavy atom. The maximum atomic E-state index is 13.6. The monoisotopic (exact) mass is 277 g/mol. The Morgan fingerprint density at radius 3 is 2.53 bits per heavy atom. The summed E-state index contributed by atoms with van der Waals surface area (Å²) in [6, 6.07) is 11.8. The van der Waals surface area contributed by atoms with Gasteiger partial charge in [-0.3, -0.25) is 0 Å². The van der Waals surface area contributed by atoms with E-state index in [0.29, 0.717) is 10.8 Å². The van der Waals surface area contributed by atoms with E-state index in [1.54, 1.807) is 30.3 Å². The van der Waals surface area contributed by atoms with Gasteiger partial charge in [0.2, 0.25) is 0 Å². The van der Waals surface area contributed by atoms with Crippen LogP contribution in [0.15, 0.2) is 42.5 Å². The zero-order chi connectivity index (χ0) is 13.8. The van der Waals surface area contributed by atoms with Gasteiger partial charge in [-0.1, -0.05) is 17.7 Å². The van der Waals surface area contributed by atoms with Gasteiger partial charge >= 0.3 is 0 Å². The van der Waals surface area contributed by atoms with E-state index in [4.69, 9.17) is 21.6 Å². The van der Waals surface area contributed by atoms with Crippen LogP contribution in [0, 0.1) is 17.1 Å². The maximum Gasteiger partial charge on any atom is 0.166 e. The van der Waals surface area contributed by atoms with E-state index in [2.05, 4.69) is 0 Å². The third-order valence-electron chi connectivity index (χ3n) is 2.43. The average molecular weight is 278 g/mol. The molecule has 1 atom stereocenters. The molecule has 96 valence electrons. The number of rotatable bonds is 3. The second kappa shape index (κ2) is 5.70. The highest BCUT2D eigenvalue weighted by Crippen LogP contribution is 2.28. The molecule has 0 unspecified atom stereocenters. The highest BCUT2D eigenvalue weighted by Gasteiger charge is 2.11. The molecule has 2 rings (SSSR count). The molecular weight excluding hydrogens is 269 g/mol. The Balaban J connectivity index is 2.29. The summed E-state index contributed by atoms with van der Waals surface area (Å²) in [6.45, 7) is 0. The van der Waals surface area contributed by atoms with Gasteiger partial charge in [-0.25, -0.2) is 4.39 Å². The first-order chi connectivity index (χ1) is 9.10. The summed E-state index contributed by atoms with van der Waals surface area (Å²) < 4.78 is 18.9. The van der Waals surface area contributed by atoms with Gasteiger partial charge in [-0.2, -0.15) is 5.26 Å². The minimum atomic E-state index is -1.31. The lowest BCUT2D eigenvalue weighted by atomic mass is 10.1. The van der Waals surface area contributed by atoms with Gasteiger partial charge in [0.15, 0.2) is 17.7 Å². The molecule has 1 N–H and O–H groups in total. The van der Waals surface area contributed by atoms with Crippen LogP contribution < -0.4 is 4.74 Å². The summed E-state index contributed by atoms with van der Waals surface area (Å²) >= 11 is 5.73. The minimum Gasteiger partial charge on any atom is -0.454 e. The van der Waals surface area contributed by atoms with Crippen molar-refractivity contribution in [1.82, 2.24) is 0 Å². The van der Waals surface area contributed by atoms with Crippen molar-refractivity contribution in [2.24, 2.45) is 0 Å². The van der Waals surface area contributed by atoms with Crippen molar-refractivity contribution >= 4 is 11.6 Å². The van der Waals surface area contributed by atoms with Crippen molar-refractivity contribution in [1.29, 1.82) is 5.26 Å². The van der Waals surface area contributed by atoms with E-state index in [-0.39, 0.29) is 11.3 Å². The highest BCUT2D eigenvalue weighted by atomic mass is 35.5. The van der Waals surface area contributed by atoms with E-state index in [9.17, 15) is 9.50 Å². The molecule has 2 aromatic carbocycles. The van der Waals surface area contributed by atoms with Crippen LogP contribution >= 0.6 is 11.6 Å². The van der Waals surface area contributed by atoms with Gasteiger partial charge in [-0.15, -0.1) is 0 Å². The number of hydrogen-bond acceptors (Lipinski definition) is 3. The smallest absolute Gasteiger partial charge is 0.166 e. The van der Waals surface area contributed by atoms with Crippen LogP contribution in [0.5, 0.6) is 11.5 Å². The lowest BCUT2D eigenvalue weighted by Gasteiger charge is -2.09. The van der Waals surface area contributed by atoms with E-state index >= 15 is 0 Å². The molecular formula is C14H9ClFNO2. The lowest BCUT2D eigenvalue weighted by molar-refractivity contribution is 0.235. The fourth-order valence-electron chi connectivity index (χ4n) is 1.47. The normalized spacial score (nSPS) is 11.7. The van der Waals surface area contributed by atoms with Crippen molar-refractivity contribution in [3.8, 4) is 17.6 Å². The Bertz CT molecular complexity index is 622. The molecule has 19 heavy (non-hydrogen) atoms. The zero-order valence-corrected chi connectivity index (χ0v) is 10.4. The van der Waals surface area contributed by atoms with Crippen LogP contribution in [0.2, 0.25) is 5.02 Å². The summed E-state index contributed by atoms with van der Waals surface area (Å²) in [5, 5.41) is 18.6. The highest BCUT2D eigenvalue weighted by molar-refractivity contribution is 6.30. The summed E-state index contributed by atoms with van der Waals surface area (Å²) in [6.07, 6.45) is -1.31. The van der Waals surface area contributed by atoms with Crippen molar-refractivity contribution < 1.29 is 14.2 Å². The predicted octanol–water partition coefficient (Wildman–Crippen LogP) is 3.83. The molecule has 0 bridgehead atoms. The molecule has 0 aromatic heterocycles. The number of hydrogen-bond donors (Lipinski definition) is 1. The molecule has 0 aliphatic carbocycles. The number of halogens is 2. The van der Waals surface area contributed by atoms with Crippen LogP contribution in [0.25, 0.3) is 0 Å². The molecule has 3 nitrogen and oxygen atoms in total. The first kappa shape index (κ1) is 13.3. The Labute approximate surface area is 114 Å². The molecule has 0 heterocycles. The van der Waals surface area contributed by atoms with Gasteiger partial charge in [0, 0.05) is 5.02 Å². The largest absolute Gasteiger partial charge is 0.454 e. The number of nitriles is 1. The van der Waals surface area contributed by atoms with Crippen LogP contribution in [0.4, 0.5) is 4.39 Å². The molecule has 0 amide bonds. The number of nitrogens with zero attached hydrogens (tertiary/aromatic N) is 1. The topological polar surface area (TPSA) is 53.2 Å². The maximum absolute atomic E-state index is 13.6. The van der Waals surface area contributed by atoms with Crippen LogP contribution in [0.3, 0.4) is 0 Å². The average Bonchev–Trinajstić information content (AvgIpc) is 2.43. The molecule has 0 radical (unpaired) electrons. The lowest BCUT2D eigenvalue weighted by Crippen LogP contribution is -1.96. The summed E-state index contributed by atoms with van der Waals surface area (Å²) in [5.74, 6) is -0.232. The zero-order valence-electron chi connectivity index (χ0n) is 9.68. The number of aliphatic hydroxyl groups excluding tert-OH is 1. The van der Waals surface area contributed by atoms with Crippen molar-refractivity contribution in [2.45, 2.75) is 6.10 Å². The van der Waals surface area contributed by atoms with Gasteiger partial charge in [0.05, 0.1) is 6.07 Å². The predicted molar refractivity (Wildman–Crippen MR) is 68.5 cm³/mol. The standard InChI is InChI=1S/C14H9ClFNO2/c15-10-2-4-11(5-3-10)19-14-7-9(13(18)8-17)1-6-12(14)16/h1-7,13,18H/t13-/m0/s1. The van der Waals surface area contributed by atoms with Crippen molar-refractivity contribution in [3.63, 3.8) is 0 Å². The summed E-state index contributed by atoms with van der Waals surface area (Å²) in [5.41, 5.74) is 0.271. The van der Waals surface area contributed by atoms with Gasteiger partial charge < -0.3 is 9.84 Å². The first-order valence-corrected chi connectivity index (χ1v) is 5.78. The van der Waals surface area contributed by atoms with E-state index in [0.717, 1.165) is 6.07 Å². The summed E-state index contributed by atoms with van der Waals surface area (Å²) in [7, 11) is 0. The Hall–Kier alpha value is -2.09. The quantitative estimate of drug-likeness (QED) is 0.868. The second-order valence-corrected chi connectivity index (χ2v) is 4.21. The van der Waals surface area contributed by atoms with Crippen LogP contribution in [-0.2, 0) is 0 Å². The third-order valence-corrected chi connectivity index (χ3v) is 2.69. The number of ether oxygens (including phenoxy) is 1. The SMILES string of the molecule is N#C[C@H](O)c1ccc(F)c(Oc2ccc(Cl)cc2)c1. The molecule has 5 heteroatoms. The third kappa shape index (κ3) is 3.22.